The van der Waals surface area contributed by atoms with Crippen LogP contribution in [0.4, 0.5) is 0 Å². The molecule has 4 heterocycles. The summed E-state index contributed by atoms with van der Waals surface area (Å²) in [6, 6.07) is 16.5. The van der Waals surface area contributed by atoms with Crippen LogP contribution in [0, 0.1) is 11.8 Å². The number of benzene rings is 2. The fourth-order valence-corrected chi connectivity index (χ4v) is 6.33. The summed E-state index contributed by atoms with van der Waals surface area (Å²) >= 11 is 0. The molecule has 1 aromatic heterocycles. The Morgan fingerprint density at radius 3 is 2.44 bits per heavy atom. The summed E-state index contributed by atoms with van der Waals surface area (Å²) in [5.74, 6) is 1.62. The Labute approximate surface area is 227 Å². The van der Waals surface area contributed by atoms with Gasteiger partial charge < -0.3 is 19.3 Å². The van der Waals surface area contributed by atoms with Gasteiger partial charge in [-0.05, 0) is 55.0 Å². The van der Waals surface area contributed by atoms with Gasteiger partial charge in [0, 0.05) is 62.1 Å². The van der Waals surface area contributed by atoms with Crippen molar-refractivity contribution in [1.82, 2.24) is 14.7 Å². The van der Waals surface area contributed by atoms with E-state index in [0.29, 0.717) is 25.9 Å². The van der Waals surface area contributed by atoms with E-state index < -0.39 is 5.54 Å². The van der Waals surface area contributed by atoms with E-state index in [4.69, 9.17) is 9.41 Å². The van der Waals surface area contributed by atoms with Gasteiger partial charge >= 0.3 is 0 Å². The topological polar surface area (TPSA) is 89.6 Å². The summed E-state index contributed by atoms with van der Waals surface area (Å²) in [4.78, 5) is 37.6. The number of carbonyl (C=O) groups excluding carboxylic acids is 2. The average Bonchev–Trinajstić information content (AvgIpc) is 3.63. The van der Waals surface area contributed by atoms with Crippen molar-refractivity contribution in [2.24, 2.45) is 16.8 Å². The molecule has 1 spiro atoms. The molecule has 3 aromatic rings. The van der Waals surface area contributed by atoms with E-state index in [2.05, 4.69) is 41.3 Å². The lowest BCUT2D eigenvalue weighted by atomic mass is 9.87. The highest BCUT2D eigenvalue weighted by Crippen LogP contribution is 2.38. The maximum absolute atomic E-state index is 14.0. The van der Waals surface area contributed by atoms with Gasteiger partial charge in [0.15, 0.2) is 0 Å². The predicted octanol–water partition coefficient (Wildman–Crippen LogP) is 3.38. The molecule has 3 fully saturated rings. The lowest BCUT2D eigenvalue weighted by Crippen LogP contribution is -2.57. The molecule has 1 saturated carbocycles. The number of carbonyl (C=O) groups is 2. The third-order valence-corrected chi connectivity index (χ3v) is 8.88. The summed E-state index contributed by atoms with van der Waals surface area (Å²) < 4.78 is 5.48. The van der Waals surface area contributed by atoms with Crippen LogP contribution in [0.25, 0.3) is 22.1 Å². The Morgan fingerprint density at radius 2 is 1.72 bits per heavy atom. The molecule has 8 nitrogen and oxygen atoms in total. The van der Waals surface area contributed by atoms with Gasteiger partial charge in [-0.15, -0.1) is 0 Å². The number of hydrogen-bond acceptors (Lipinski definition) is 6. The molecule has 7 rings (SSSR count). The highest BCUT2D eigenvalue weighted by molar-refractivity contribution is 6.15. The quantitative estimate of drug-likeness (QED) is 0.510. The number of fused-ring (bicyclic) bond motifs is 1. The van der Waals surface area contributed by atoms with Crippen molar-refractivity contribution in [3.05, 3.63) is 60.4 Å². The molecular formula is C31H34N4O4. The fourth-order valence-electron chi connectivity index (χ4n) is 6.33. The van der Waals surface area contributed by atoms with Crippen molar-refractivity contribution in [3.63, 3.8) is 0 Å². The van der Waals surface area contributed by atoms with Crippen LogP contribution in [0.5, 0.6) is 0 Å². The van der Waals surface area contributed by atoms with E-state index in [1.165, 1.54) is 0 Å². The van der Waals surface area contributed by atoms with Crippen molar-refractivity contribution in [2.45, 2.75) is 31.2 Å². The minimum Gasteiger partial charge on any atom is -0.464 e. The first-order chi connectivity index (χ1) is 19.0. The van der Waals surface area contributed by atoms with E-state index in [9.17, 15) is 14.7 Å². The molecule has 2 aromatic carbocycles. The highest BCUT2D eigenvalue weighted by atomic mass is 16.3. The number of hydrogen-bond donors (Lipinski definition) is 1. The summed E-state index contributed by atoms with van der Waals surface area (Å²) in [6.45, 7) is 4.28. The van der Waals surface area contributed by atoms with E-state index in [-0.39, 0.29) is 30.3 Å². The normalized spacial score (nSPS) is 21.6. The molecule has 2 amide bonds. The van der Waals surface area contributed by atoms with Crippen LogP contribution in [0.15, 0.2) is 64.2 Å². The maximum atomic E-state index is 14.0. The van der Waals surface area contributed by atoms with Crippen LogP contribution in [0.2, 0.25) is 0 Å². The van der Waals surface area contributed by atoms with Gasteiger partial charge in [0.25, 0.3) is 5.91 Å². The minimum absolute atomic E-state index is 0.0857. The zero-order valence-corrected chi connectivity index (χ0v) is 22.1. The molecule has 0 radical (unpaired) electrons. The second kappa shape index (κ2) is 9.61. The number of β-amino-alcohol motifs (C(OH)–C–C–N with tert-alkyl or cyclic N) is 1. The van der Waals surface area contributed by atoms with E-state index in [1.54, 1.807) is 6.26 Å². The molecule has 4 aliphatic rings. The van der Waals surface area contributed by atoms with Gasteiger partial charge in [0.1, 0.15) is 17.0 Å². The zero-order valence-electron chi connectivity index (χ0n) is 22.1. The van der Waals surface area contributed by atoms with Crippen LogP contribution in [-0.4, -0.2) is 88.9 Å². The molecule has 202 valence electrons. The number of aliphatic hydroxyl groups is 1. The first kappa shape index (κ1) is 24.5. The lowest BCUT2D eigenvalue weighted by Gasteiger charge is -2.42. The van der Waals surface area contributed by atoms with Gasteiger partial charge in [-0.1, -0.05) is 30.3 Å². The van der Waals surface area contributed by atoms with Crippen molar-refractivity contribution in [2.75, 3.05) is 45.9 Å². The number of likely N-dealkylation sites (tertiary alicyclic amines) is 2. The Bertz CT molecular complexity index is 1430. The zero-order chi connectivity index (χ0) is 26.6. The van der Waals surface area contributed by atoms with E-state index >= 15 is 0 Å². The first-order valence-corrected chi connectivity index (χ1v) is 14.1. The van der Waals surface area contributed by atoms with Crippen LogP contribution in [-0.2, 0) is 9.59 Å². The summed E-state index contributed by atoms with van der Waals surface area (Å²) in [6.07, 6.45) is 5.05. The summed E-state index contributed by atoms with van der Waals surface area (Å²) in [5, 5.41) is 10.4. The Hall–Kier alpha value is -3.49. The number of piperidine rings is 1. The molecule has 8 heteroatoms. The molecule has 2 saturated heterocycles. The number of rotatable bonds is 7. The molecule has 1 aliphatic carbocycles. The Morgan fingerprint density at radius 1 is 1.00 bits per heavy atom. The number of furan rings is 1. The molecule has 0 unspecified atom stereocenters. The molecule has 0 bridgehead atoms. The second-order valence-electron chi connectivity index (χ2n) is 11.6. The average molecular weight is 527 g/mol. The van der Waals surface area contributed by atoms with E-state index in [1.807, 2.05) is 21.9 Å². The summed E-state index contributed by atoms with van der Waals surface area (Å²) in [7, 11) is 0. The van der Waals surface area contributed by atoms with Crippen molar-refractivity contribution >= 4 is 28.6 Å². The number of aliphatic imine (C=N–C) groups is 1. The standard InChI is InChI=1S/C31H34N4O4/c36-15-14-33-12-10-31(11-13-33)30(38)35(20-21-18-34(19-21)29(37)24-5-6-24)28(32-31)23-3-1-22(2-4-23)25-7-8-27-26(17-25)9-16-39-27/h1-4,7-9,16-17,21,24,36H,5-6,10-15,18-20H2. The van der Waals surface area contributed by atoms with Gasteiger partial charge in [0.05, 0.1) is 12.9 Å². The smallest absolute Gasteiger partial charge is 0.256 e. The number of amides is 2. The van der Waals surface area contributed by atoms with Gasteiger partial charge in [-0.3, -0.25) is 19.5 Å². The van der Waals surface area contributed by atoms with Gasteiger partial charge in [0.2, 0.25) is 5.91 Å². The highest BCUT2D eigenvalue weighted by Gasteiger charge is 2.51. The molecule has 3 aliphatic heterocycles. The molecule has 39 heavy (non-hydrogen) atoms. The number of aliphatic hydroxyl groups excluding tert-OH is 1. The van der Waals surface area contributed by atoms with Crippen LogP contribution in [0.3, 0.4) is 0 Å². The van der Waals surface area contributed by atoms with E-state index in [0.717, 1.165) is 72.5 Å². The van der Waals surface area contributed by atoms with Crippen LogP contribution in [0.1, 0.15) is 31.2 Å². The minimum atomic E-state index is -0.737. The molecular weight excluding hydrogens is 492 g/mol. The summed E-state index contributed by atoms with van der Waals surface area (Å²) in [5.41, 5.74) is 3.28. The van der Waals surface area contributed by atoms with Crippen LogP contribution < -0.4 is 0 Å². The number of nitrogens with zero attached hydrogens (tertiary/aromatic N) is 4. The third-order valence-electron chi connectivity index (χ3n) is 8.88. The fraction of sp³-hybridized carbons (Fsp3) is 0.452. The van der Waals surface area contributed by atoms with Crippen molar-refractivity contribution < 1.29 is 19.1 Å². The van der Waals surface area contributed by atoms with Gasteiger partial charge in [-0.25, -0.2) is 0 Å². The SMILES string of the molecule is O=C(C1CC1)N1CC(CN2C(=O)C3(CCN(CCO)CC3)N=C2c2ccc(-c3ccc4occc4c3)cc2)C1. The maximum Gasteiger partial charge on any atom is 0.256 e. The Kier molecular flexibility index (Phi) is 6.05. The van der Waals surface area contributed by atoms with Crippen molar-refractivity contribution in [1.29, 1.82) is 0 Å². The Balaban J connectivity index is 1.14. The van der Waals surface area contributed by atoms with Crippen LogP contribution >= 0.6 is 0 Å². The lowest BCUT2D eigenvalue weighted by molar-refractivity contribution is -0.140. The second-order valence-corrected chi connectivity index (χ2v) is 11.6. The monoisotopic (exact) mass is 526 g/mol. The third kappa shape index (κ3) is 4.45. The predicted molar refractivity (Wildman–Crippen MR) is 148 cm³/mol. The van der Waals surface area contributed by atoms with Gasteiger partial charge in [-0.2, -0.15) is 0 Å². The molecule has 1 N–H and O–H groups in total. The van der Waals surface area contributed by atoms with Crippen molar-refractivity contribution in [3.8, 4) is 11.1 Å². The molecule has 0 atom stereocenters. The largest absolute Gasteiger partial charge is 0.464 e. The first-order valence-electron chi connectivity index (χ1n) is 14.1. The number of amidine groups is 1.